The summed E-state index contributed by atoms with van der Waals surface area (Å²) in [5, 5.41) is 0. The van der Waals surface area contributed by atoms with E-state index in [2.05, 4.69) is 25.3 Å². The van der Waals surface area contributed by atoms with Crippen LogP contribution in [0.1, 0.15) is 38.5 Å². The van der Waals surface area contributed by atoms with E-state index in [9.17, 15) is 0 Å². The first-order chi connectivity index (χ1) is 7.33. The Balaban J connectivity index is 2.25. The van der Waals surface area contributed by atoms with Crippen molar-refractivity contribution in [1.82, 2.24) is 0 Å². The summed E-state index contributed by atoms with van der Waals surface area (Å²) in [7, 11) is 0. The van der Waals surface area contributed by atoms with Crippen LogP contribution in [0.4, 0.5) is 0 Å². The van der Waals surface area contributed by atoms with E-state index in [1.807, 2.05) is 0 Å². The minimum Gasteiger partial charge on any atom is -0.312 e. The van der Waals surface area contributed by atoms with Crippen molar-refractivity contribution in [3.63, 3.8) is 0 Å². The van der Waals surface area contributed by atoms with E-state index in [1.54, 1.807) is 0 Å². The third kappa shape index (κ3) is 1.78. The van der Waals surface area contributed by atoms with Gasteiger partial charge in [-0.25, -0.2) is 0 Å². The summed E-state index contributed by atoms with van der Waals surface area (Å²) in [5.74, 6) is 0. The Kier molecular flexibility index (Phi) is 3.30. The molecule has 0 aromatic rings. The monoisotopic (exact) mass is 206 g/mol. The second-order valence-corrected chi connectivity index (χ2v) is 5.21. The van der Waals surface area contributed by atoms with Gasteiger partial charge in [0.25, 0.3) is 0 Å². The second kappa shape index (κ2) is 4.52. The fourth-order valence-corrected chi connectivity index (χ4v) is 3.94. The molecule has 0 spiro atoms. The van der Waals surface area contributed by atoms with Crippen molar-refractivity contribution in [3.05, 3.63) is 25.3 Å². The number of piperidine rings is 2. The number of quaternary nitrogens is 1. The lowest BCUT2D eigenvalue weighted by Crippen LogP contribution is -2.65. The summed E-state index contributed by atoms with van der Waals surface area (Å²) >= 11 is 0. The van der Waals surface area contributed by atoms with Gasteiger partial charge in [0.15, 0.2) is 0 Å². The largest absolute Gasteiger partial charge is 0.312 e. The Morgan fingerprint density at radius 2 is 1.27 bits per heavy atom. The minimum absolute atomic E-state index is 0.897. The summed E-state index contributed by atoms with van der Waals surface area (Å²) in [6.07, 6.45) is 12.9. The third-order valence-electron chi connectivity index (χ3n) is 4.54. The molecule has 0 N–H and O–H groups in total. The van der Waals surface area contributed by atoms with Crippen LogP contribution in [0.5, 0.6) is 0 Å². The molecule has 0 aromatic heterocycles. The molecule has 0 unspecified atom stereocenters. The van der Waals surface area contributed by atoms with E-state index in [4.69, 9.17) is 0 Å². The molecule has 0 radical (unpaired) electrons. The number of fused-ring (bicyclic) bond motifs is 2. The van der Waals surface area contributed by atoms with Crippen LogP contribution in [0.25, 0.3) is 0 Å². The summed E-state index contributed by atoms with van der Waals surface area (Å²) in [6.45, 7) is 10.2. The SMILES string of the molecule is C=CC[N+]1(CC=C)C2CCCC1CCC2. The van der Waals surface area contributed by atoms with E-state index in [1.165, 1.54) is 43.0 Å². The van der Waals surface area contributed by atoms with Gasteiger partial charge < -0.3 is 4.48 Å². The maximum absolute atomic E-state index is 3.96. The molecule has 2 fully saturated rings. The van der Waals surface area contributed by atoms with Crippen LogP contribution < -0.4 is 0 Å². The molecule has 2 saturated heterocycles. The van der Waals surface area contributed by atoms with Crippen molar-refractivity contribution in [2.24, 2.45) is 0 Å². The molecule has 0 amide bonds. The Morgan fingerprint density at radius 3 is 1.60 bits per heavy atom. The van der Waals surface area contributed by atoms with E-state index < -0.39 is 0 Å². The molecule has 0 saturated carbocycles. The van der Waals surface area contributed by atoms with Gasteiger partial charge in [-0.2, -0.15) is 0 Å². The normalized spacial score (nSPS) is 33.3. The van der Waals surface area contributed by atoms with Crippen molar-refractivity contribution in [1.29, 1.82) is 0 Å². The zero-order valence-corrected chi connectivity index (χ0v) is 9.83. The number of hydrogen-bond acceptors (Lipinski definition) is 0. The highest BCUT2D eigenvalue weighted by molar-refractivity contribution is 4.85. The second-order valence-electron chi connectivity index (χ2n) is 5.21. The molecule has 0 atom stereocenters. The van der Waals surface area contributed by atoms with Crippen molar-refractivity contribution < 1.29 is 4.48 Å². The van der Waals surface area contributed by atoms with Gasteiger partial charge >= 0.3 is 0 Å². The summed E-state index contributed by atoms with van der Waals surface area (Å²) < 4.78 is 1.28. The zero-order valence-electron chi connectivity index (χ0n) is 9.83. The molecule has 2 aliphatic heterocycles. The molecule has 2 aliphatic rings. The molecule has 2 rings (SSSR count). The van der Waals surface area contributed by atoms with Gasteiger partial charge in [0.2, 0.25) is 0 Å². The van der Waals surface area contributed by atoms with E-state index in [0.717, 1.165) is 25.2 Å². The number of rotatable bonds is 4. The first kappa shape index (κ1) is 10.9. The maximum atomic E-state index is 3.96. The molecule has 15 heavy (non-hydrogen) atoms. The summed E-state index contributed by atoms with van der Waals surface area (Å²) in [4.78, 5) is 0. The van der Waals surface area contributed by atoms with E-state index in [0.29, 0.717) is 0 Å². The van der Waals surface area contributed by atoms with Crippen LogP contribution in [-0.4, -0.2) is 29.7 Å². The molecular formula is C14H24N+. The molecule has 2 bridgehead atoms. The first-order valence-corrected chi connectivity index (χ1v) is 6.41. The summed E-state index contributed by atoms with van der Waals surface area (Å²) in [5.41, 5.74) is 0. The lowest BCUT2D eigenvalue weighted by atomic mass is 9.81. The van der Waals surface area contributed by atoms with Crippen LogP contribution in [0, 0.1) is 0 Å². The molecular weight excluding hydrogens is 182 g/mol. The number of nitrogens with zero attached hydrogens (tertiary/aromatic N) is 1. The van der Waals surface area contributed by atoms with Gasteiger partial charge in [0, 0.05) is 0 Å². The van der Waals surface area contributed by atoms with Crippen LogP contribution in [0.2, 0.25) is 0 Å². The van der Waals surface area contributed by atoms with Crippen molar-refractivity contribution in [2.45, 2.75) is 50.6 Å². The Bertz CT molecular complexity index is 210. The molecule has 0 aliphatic carbocycles. The van der Waals surface area contributed by atoms with E-state index >= 15 is 0 Å². The molecule has 1 nitrogen and oxygen atoms in total. The lowest BCUT2D eigenvalue weighted by Gasteiger charge is -2.55. The average Bonchev–Trinajstić information content (AvgIpc) is 2.17. The van der Waals surface area contributed by atoms with Gasteiger partial charge in [-0.3, -0.25) is 0 Å². The highest BCUT2D eigenvalue weighted by atomic mass is 15.4. The van der Waals surface area contributed by atoms with E-state index in [-0.39, 0.29) is 0 Å². The van der Waals surface area contributed by atoms with Crippen molar-refractivity contribution in [2.75, 3.05) is 13.1 Å². The van der Waals surface area contributed by atoms with Gasteiger partial charge in [-0.15, -0.1) is 0 Å². The topological polar surface area (TPSA) is 0 Å². The van der Waals surface area contributed by atoms with Gasteiger partial charge in [-0.1, -0.05) is 13.2 Å². The zero-order chi connectivity index (χ0) is 10.7. The van der Waals surface area contributed by atoms with Crippen LogP contribution in [0.3, 0.4) is 0 Å². The smallest absolute Gasteiger partial charge is 0.0977 e. The Labute approximate surface area is 94.1 Å². The average molecular weight is 206 g/mol. The van der Waals surface area contributed by atoms with Gasteiger partial charge in [-0.05, 0) is 50.7 Å². The van der Waals surface area contributed by atoms with Crippen molar-refractivity contribution in [3.8, 4) is 0 Å². The quantitative estimate of drug-likeness (QED) is 0.489. The number of hydrogen-bond donors (Lipinski definition) is 0. The predicted octanol–water partition coefficient (Wildman–Crippen LogP) is 3.28. The highest BCUT2D eigenvalue weighted by Crippen LogP contribution is 2.40. The first-order valence-electron chi connectivity index (χ1n) is 6.41. The Hall–Kier alpha value is -0.560. The van der Waals surface area contributed by atoms with Crippen LogP contribution in [0.15, 0.2) is 25.3 Å². The predicted molar refractivity (Wildman–Crippen MR) is 65.7 cm³/mol. The maximum Gasteiger partial charge on any atom is 0.0977 e. The molecule has 2 heterocycles. The molecule has 1 heteroatoms. The fraction of sp³-hybridized carbons (Fsp3) is 0.714. The molecule has 0 aromatic carbocycles. The standard InChI is InChI=1S/C14H24N/c1-3-11-15(12-4-2)13-7-5-8-14(15)10-6-9-13/h3-4,13-14H,1-2,5-12H2/q+1. The lowest BCUT2D eigenvalue weighted by molar-refractivity contribution is -0.973. The van der Waals surface area contributed by atoms with Gasteiger partial charge in [0.05, 0.1) is 25.2 Å². The van der Waals surface area contributed by atoms with Gasteiger partial charge in [0.1, 0.15) is 0 Å². The fourth-order valence-electron chi connectivity index (χ4n) is 3.94. The summed E-state index contributed by atoms with van der Waals surface area (Å²) in [6, 6.07) is 1.79. The van der Waals surface area contributed by atoms with Crippen LogP contribution >= 0.6 is 0 Å². The molecule has 84 valence electrons. The minimum atomic E-state index is 0.897. The van der Waals surface area contributed by atoms with Crippen LogP contribution in [-0.2, 0) is 0 Å². The third-order valence-corrected chi connectivity index (χ3v) is 4.54. The van der Waals surface area contributed by atoms with Crippen molar-refractivity contribution >= 4 is 0 Å². The Morgan fingerprint density at radius 1 is 0.867 bits per heavy atom. The highest BCUT2D eigenvalue weighted by Gasteiger charge is 2.46.